The van der Waals surface area contributed by atoms with Gasteiger partial charge in [-0.2, -0.15) is 9.97 Å². The van der Waals surface area contributed by atoms with Gasteiger partial charge in [0.1, 0.15) is 42.1 Å². The molecule has 0 aliphatic carbocycles. The van der Waals surface area contributed by atoms with Gasteiger partial charge in [0.05, 0.1) is 13.1 Å². The first-order valence-corrected chi connectivity index (χ1v) is 22.8. The Hall–Kier alpha value is -6.56. The smallest absolute Gasteiger partial charge is 0.339 e. The first-order valence-electron chi connectivity index (χ1n) is 19.3. The van der Waals surface area contributed by atoms with Crippen molar-refractivity contribution in [3.05, 3.63) is 92.3 Å². The van der Waals surface area contributed by atoms with Crippen LogP contribution in [0.25, 0.3) is 22.3 Å². The van der Waals surface area contributed by atoms with Crippen molar-refractivity contribution in [3.8, 4) is 0 Å². The number of benzene rings is 2. The zero-order valence-corrected chi connectivity index (χ0v) is 36.6. The van der Waals surface area contributed by atoms with Crippen LogP contribution in [-0.2, 0) is 32.5 Å². The molecule has 4 aromatic heterocycles. The second-order valence-electron chi connectivity index (χ2n) is 14.1. The minimum atomic E-state index is -3.33. The maximum atomic E-state index is 13.3. The lowest BCUT2D eigenvalue weighted by molar-refractivity contribution is 0.210. The van der Waals surface area contributed by atoms with Gasteiger partial charge in [0.15, 0.2) is 22.9 Å². The number of carbonyl (C=O) groups is 2. The van der Waals surface area contributed by atoms with Crippen LogP contribution in [0.15, 0.2) is 68.4 Å². The third-order valence-electron chi connectivity index (χ3n) is 9.61. The molecule has 62 heavy (non-hydrogen) atoms. The molecule has 24 heteroatoms. The first kappa shape index (κ1) is 46.5. The Balaban J connectivity index is 0.000000234. The summed E-state index contributed by atoms with van der Waals surface area (Å²) in [7, 11) is -3.54. The minimum Gasteiger partial charge on any atom is -0.382 e. The second kappa shape index (κ2) is 18.6. The number of nitrogens with two attached hydrogens (primary N) is 2. The van der Waals surface area contributed by atoms with Gasteiger partial charge in [-0.1, -0.05) is 52.0 Å². The van der Waals surface area contributed by atoms with Crippen LogP contribution in [0.1, 0.15) is 51.7 Å². The Labute approximate surface area is 355 Å². The molecule has 6 rings (SSSR count). The summed E-state index contributed by atoms with van der Waals surface area (Å²) in [6.07, 6.45) is 1.36. The highest BCUT2D eigenvalue weighted by atomic mass is 32.2. The third-order valence-corrected chi connectivity index (χ3v) is 12.8. The summed E-state index contributed by atoms with van der Waals surface area (Å²) in [5.74, 6) is -1.39. The van der Waals surface area contributed by atoms with E-state index >= 15 is 0 Å². The molecule has 0 spiro atoms. The predicted molar refractivity (Wildman–Crippen MR) is 230 cm³/mol. The number of nitrogens with zero attached hydrogens (tertiary/aromatic N) is 10. The highest BCUT2D eigenvalue weighted by Crippen LogP contribution is 2.23. The fraction of sp³-hybridized carbons (Fsp3) is 0.368. The minimum absolute atomic E-state index is 0.0106. The van der Waals surface area contributed by atoms with E-state index in [0.29, 0.717) is 37.1 Å². The van der Waals surface area contributed by atoms with Gasteiger partial charge in [-0.05, 0) is 48.2 Å². The maximum absolute atomic E-state index is 13.3. The number of hydrogen-bond acceptors (Lipinski definition) is 14. The number of nitrogen functional groups attached to an aromatic ring is 2. The number of carbonyl (C=O) groups excluding carboxylic acids is 2. The van der Waals surface area contributed by atoms with Gasteiger partial charge in [0.25, 0.3) is 0 Å². The fourth-order valence-corrected chi connectivity index (χ4v) is 7.71. The molecule has 2 atom stereocenters. The number of aromatic nitrogens is 8. The monoisotopic (exact) mass is 898 g/mol. The molecule has 0 unspecified atom stereocenters. The number of halogens is 2. The van der Waals surface area contributed by atoms with Gasteiger partial charge in [-0.3, -0.25) is 9.13 Å². The van der Waals surface area contributed by atoms with Crippen LogP contribution < -0.4 is 22.8 Å². The molecule has 0 bridgehead atoms. The molecular weight excluding hydrogens is 851 g/mol. The van der Waals surface area contributed by atoms with Crippen molar-refractivity contribution in [2.45, 2.75) is 63.9 Å². The highest BCUT2D eigenvalue weighted by molar-refractivity contribution is 7.92. The Bertz CT molecular complexity index is 2800. The number of nitrogens with one attached hydrogen (secondary N) is 2. The summed E-state index contributed by atoms with van der Waals surface area (Å²) < 4.78 is 71.8. The van der Waals surface area contributed by atoms with Crippen molar-refractivity contribution in [1.82, 2.24) is 48.0 Å². The van der Waals surface area contributed by atoms with Crippen LogP contribution >= 0.6 is 0 Å². The molecule has 0 saturated heterocycles. The fourth-order valence-electron chi connectivity index (χ4n) is 6.24. The van der Waals surface area contributed by atoms with E-state index in [1.54, 1.807) is 27.9 Å². The van der Waals surface area contributed by atoms with Gasteiger partial charge in [-0.25, -0.2) is 65.0 Å². The Morgan fingerprint density at radius 1 is 0.629 bits per heavy atom. The van der Waals surface area contributed by atoms with Crippen LogP contribution in [0.3, 0.4) is 0 Å². The van der Waals surface area contributed by atoms with Gasteiger partial charge in [0, 0.05) is 38.7 Å². The van der Waals surface area contributed by atoms with Gasteiger partial charge in [0.2, 0.25) is 10.3 Å². The number of hydrogen-bond donors (Lipinski definition) is 4. The first-order chi connectivity index (χ1) is 29.2. The van der Waals surface area contributed by atoms with Gasteiger partial charge in [-0.15, -0.1) is 0 Å². The van der Waals surface area contributed by atoms with E-state index < -0.39 is 54.5 Å². The standard InChI is InChI=1S/2C19H24FN7O3S/c2*1-4-10-25(3)18(28)27-14-15(21)23-17(31(22,30)5-2)24-16(14)26(19(27)29)11-12-6-8-13(20)9-7-12/h2*6-9,22H,4-5,10-11H2,1-3H3,(H2,21,23,24)/t2*31-/m10/s1. The molecule has 6 aromatic rings. The molecule has 20 nitrogen and oxygen atoms in total. The van der Waals surface area contributed by atoms with Crippen LogP contribution in [0.2, 0.25) is 0 Å². The van der Waals surface area contributed by atoms with E-state index in [2.05, 4.69) is 19.9 Å². The number of imidazole rings is 2. The van der Waals surface area contributed by atoms with Crippen molar-refractivity contribution in [1.29, 1.82) is 9.56 Å². The molecule has 332 valence electrons. The van der Waals surface area contributed by atoms with E-state index in [1.807, 2.05) is 13.8 Å². The van der Waals surface area contributed by atoms with Crippen LogP contribution in [0.4, 0.5) is 30.0 Å². The summed E-state index contributed by atoms with van der Waals surface area (Å²) in [5.41, 5.74) is 11.8. The predicted octanol–water partition coefficient (Wildman–Crippen LogP) is 4.20. The maximum Gasteiger partial charge on any atom is 0.339 e. The summed E-state index contributed by atoms with van der Waals surface area (Å²) in [6, 6.07) is 9.79. The van der Waals surface area contributed by atoms with Crippen molar-refractivity contribution in [2.24, 2.45) is 0 Å². The molecule has 4 heterocycles. The number of fused-ring (bicyclic) bond motifs is 2. The van der Waals surface area contributed by atoms with Crippen molar-refractivity contribution < 1.29 is 26.8 Å². The van der Waals surface area contributed by atoms with Crippen molar-refractivity contribution in [3.63, 3.8) is 0 Å². The lowest BCUT2D eigenvalue weighted by Gasteiger charge is -2.16. The summed E-state index contributed by atoms with van der Waals surface area (Å²) in [4.78, 5) is 71.6. The third kappa shape index (κ3) is 9.34. The molecule has 2 amide bonds. The molecule has 0 aliphatic rings. The van der Waals surface area contributed by atoms with E-state index in [9.17, 15) is 36.4 Å². The van der Waals surface area contributed by atoms with Crippen LogP contribution in [0.5, 0.6) is 0 Å². The number of rotatable bonds is 12. The van der Waals surface area contributed by atoms with Gasteiger partial charge < -0.3 is 21.3 Å². The number of anilines is 2. The zero-order valence-electron chi connectivity index (χ0n) is 34.9. The molecule has 6 N–H and O–H groups in total. The SMILES string of the molecule is CCCN(C)C(=O)n1c(=O)n(Cc2ccc(F)cc2)c2nc([S@@](=N)(=O)CC)nc(N)c21.CCCN(C)C(=O)n1c(=O)n(Cc2ccc(F)cc2)c2nc([S@](=N)(=O)CC)nc(N)c21. The van der Waals surface area contributed by atoms with Gasteiger partial charge >= 0.3 is 23.4 Å². The van der Waals surface area contributed by atoms with E-state index in [1.165, 1.54) is 67.5 Å². The Kier molecular flexibility index (Phi) is 13.9. The Morgan fingerprint density at radius 3 is 1.24 bits per heavy atom. The van der Waals surface area contributed by atoms with Crippen LogP contribution in [-0.4, -0.2) is 107 Å². The average molecular weight is 899 g/mol. The summed E-state index contributed by atoms with van der Waals surface area (Å²) in [6.45, 7) is 7.64. The molecule has 0 aliphatic heterocycles. The lowest BCUT2D eigenvalue weighted by Crippen LogP contribution is -2.38. The summed E-state index contributed by atoms with van der Waals surface area (Å²) in [5, 5.41) is -0.612. The van der Waals surface area contributed by atoms with E-state index in [-0.39, 0.29) is 68.9 Å². The molecule has 0 saturated carbocycles. The molecule has 2 aromatic carbocycles. The number of amides is 2. The Morgan fingerprint density at radius 2 is 0.952 bits per heavy atom. The average Bonchev–Trinajstić information content (AvgIpc) is 3.68. The lowest BCUT2D eigenvalue weighted by atomic mass is 10.2. The quantitative estimate of drug-likeness (QED) is 0.126. The molecule has 0 radical (unpaired) electrons. The van der Waals surface area contributed by atoms with Crippen molar-refractivity contribution in [2.75, 3.05) is 50.2 Å². The largest absolute Gasteiger partial charge is 0.382 e. The zero-order chi connectivity index (χ0) is 45.8. The van der Waals surface area contributed by atoms with E-state index in [0.717, 1.165) is 9.13 Å². The molecular formula is C38H48F2N14O6S2. The van der Waals surface area contributed by atoms with Crippen molar-refractivity contribution >= 4 is 65.5 Å². The molecule has 0 fully saturated rings. The summed E-state index contributed by atoms with van der Waals surface area (Å²) >= 11 is 0. The topological polar surface area (TPSA) is 280 Å². The van der Waals surface area contributed by atoms with E-state index in [4.69, 9.17) is 21.0 Å². The normalized spacial score (nSPS) is 13.3. The van der Waals surface area contributed by atoms with Crippen LogP contribution in [0, 0.1) is 21.2 Å². The second-order valence-corrected chi connectivity index (χ2v) is 18.7. The highest BCUT2D eigenvalue weighted by Gasteiger charge is 2.29.